The zero-order valence-electron chi connectivity index (χ0n) is 83.1. The summed E-state index contributed by atoms with van der Waals surface area (Å²) in [5, 5.41) is 7.76. The van der Waals surface area contributed by atoms with Crippen molar-refractivity contribution >= 4 is 131 Å². The Morgan fingerprint density at radius 3 is 1.02 bits per heavy atom. The van der Waals surface area contributed by atoms with Crippen LogP contribution < -0.4 is 0 Å². The van der Waals surface area contributed by atoms with Gasteiger partial charge in [0.2, 0.25) is 11.6 Å². The van der Waals surface area contributed by atoms with Crippen LogP contribution in [0.5, 0.6) is 0 Å². The van der Waals surface area contributed by atoms with E-state index in [1.165, 1.54) is 198 Å². The minimum Gasteiger partial charge on any atom is -0.340 e. The van der Waals surface area contributed by atoms with E-state index in [9.17, 15) is 0 Å². The van der Waals surface area contributed by atoms with Crippen LogP contribution in [0.25, 0.3) is 259 Å². The van der Waals surface area contributed by atoms with E-state index in [0.717, 1.165) is 78.5 Å². The summed E-state index contributed by atoms with van der Waals surface area (Å²) in [5.74, 6) is 3.57. The fraction of sp³-hybridized carbons (Fsp3) is 0.0507. The van der Waals surface area contributed by atoms with Gasteiger partial charge in [-0.2, -0.15) is 0 Å². The van der Waals surface area contributed by atoms with Gasteiger partial charge in [0.05, 0.1) is 72.0 Å². The molecule has 8 heterocycles. The minimum atomic E-state index is 0. The van der Waals surface area contributed by atoms with Crippen molar-refractivity contribution in [3.63, 3.8) is 0 Å². The zero-order valence-corrected chi connectivity index (χ0v) is 86.3. The third-order valence-corrected chi connectivity index (χ3v) is 31.6. The fourth-order valence-corrected chi connectivity index (χ4v) is 24.8. The zero-order chi connectivity index (χ0) is 99.2. The van der Waals surface area contributed by atoms with Crippen molar-refractivity contribution in [3.8, 4) is 140 Å². The maximum atomic E-state index is 5.21. The van der Waals surface area contributed by atoms with Gasteiger partial charge in [-0.3, -0.25) is 22.9 Å². The van der Waals surface area contributed by atoms with Gasteiger partial charge in [-0.1, -0.05) is 337 Å². The van der Waals surface area contributed by atoms with E-state index in [2.05, 4.69) is 538 Å². The summed E-state index contributed by atoms with van der Waals surface area (Å²) >= 11 is 1.87. The Kier molecular flexibility index (Phi) is 22.4. The number of thiophene rings is 1. The third kappa shape index (κ3) is 14.9. The maximum Gasteiger partial charge on any atom is 0.220 e. The molecule has 0 fully saturated rings. The second-order valence-electron chi connectivity index (χ2n) is 39.6. The van der Waals surface area contributed by atoms with E-state index in [-0.39, 0.29) is 20.1 Å². The molecule has 2 aliphatic rings. The summed E-state index contributed by atoms with van der Waals surface area (Å²) in [7, 11) is 0. The summed E-state index contributed by atoms with van der Waals surface area (Å²) < 4.78 is 18.9. The van der Waals surface area contributed by atoms with E-state index < -0.39 is 0 Å². The molecule has 0 saturated heterocycles. The van der Waals surface area contributed by atoms with Crippen LogP contribution in [0.4, 0.5) is 0 Å². The predicted octanol–water partition coefficient (Wildman–Crippen LogP) is 36.6. The molecule has 0 N–H and O–H groups in total. The second kappa shape index (κ2) is 37.1. The van der Waals surface area contributed by atoms with E-state index in [0.29, 0.717) is 11.8 Å². The van der Waals surface area contributed by atoms with Crippen molar-refractivity contribution in [2.75, 3.05) is 0 Å². The van der Waals surface area contributed by atoms with Crippen molar-refractivity contribution < 1.29 is 20.1 Å². The topological polar surface area (TPSA) is 72.1 Å². The summed E-state index contributed by atoms with van der Waals surface area (Å²) in [4.78, 5) is 15.0. The standard InChI is InChI=1S/C38H25N3.C37H23N3.C36H22N2S.C27H27N2.Ir/c1-24-11-10-20-36-37(24)39-38-40(34-18-8-9-19-35(34)41(36)38)25-21-22-32-30-16-5-4-14-28(30)26-12-2-3-13-27(26)29-15-6-7-17-31(29)33(32)23-25;1-2-12-26-25(11-1)27-13-3-4-15-29(27)31-22-21-24(23-32(31)30-16-6-5-14-28(26)30)39-35-19-9-10-20-36(35)40-34-18-8-7-17-33(34)38-37(39)40;1-5-13-31-25(9-1)26-10-2-6-14-32(26)37(31)23-17-19-35-29(21-23)30-22-24(18-20-36(30)39-35)38-33-15-7-3-11-27(33)28-12-4-8-16-34(28)38;1-19(2)24-17-23(21-11-7-5-8-12-21)18-25(20(3)4)26(24)29-16-15-28-27(29)22-13-9-6-10-14-22;/h2-23H,1H3;1-23H;1-22H;5-13,15-20H,1-4H3;/q;;;-1;. The van der Waals surface area contributed by atoms with Crippen LogP contribution >= 0.6 is 11.3 Å². The first-order valence-corrected chi connectivity index (χ1v) is 52.1. The number of aromatic nitrogens is 10. The quantitative estimate of drug-likeness (QED) is 0.135. The third-order valence-electron chi connectivity index (χ3n) is 30.4. The SMILES string of the molecule is CC(C)c1cc(-c2ccccc2)cc(C(C)C)c1-n1ccnc1-c1[c-]cccc1.Cc1cccc2c1nc1n(-c3ccc4c(c3)-c3ccccc3-c3ccccc3-c3ccccc3-4)c3ccccc3n21.[Ir].c1ccc2c(c1)-c1ccccc1-c1ccc(-n3c4ccccc4n4c5ccccc5nc34)cc1-c1ccccc1-2.c1ccc2c(c1)c1ccccc1n2-c1ccc2sc3ccc(-n4c5ccccc5c5ccccc54)cc3c2c1. The average molecular weight is 2120 g/mol. The number of imidazole rings is 5. The van der Waals surface area contributed by atoms with Gasteiger partial charge in [0, 0.05) is 103 Å². The molecule has 0 amide bonds. The van der Waals surface area contributed by atoms with E-state index in [1.807, 2.05) is 35.7 Å². The van der Waals surface area contributed by atoms with Crippen molar-refractivity contribution in [3.05, 3.63) is 508 Å². The van der Waals surface area contributed by atoms with Crippen molar-refractivity contribution in [2.24, 2.45) is 0 Å². The summed E-state index contributed by atoms with van der Waals surface area (Å²) in [6, 6.07) is 174. The Morgan fingerprint density at radius 2 is 0.600 bits per heavy atom. The number of fused-ring (bicyclic) bond motifs is 35. The molecule has 12 heteroatoms. The van der Waals surface area contributed by atoms with Gasteiger partial charge in [-0.25, -0.2) is 9.97 Å². The Morgan fingerprint density at radius 1 is 0.260 bits per heavy atom. The number of rotatable bonds is 9. The molecule has 715 valence electrons. The van der Waals surface area contributed by atoms with Gasteiger partial charge in [0.15, 0.2) is 0 Å². The van der Waals surface area contributed by atoms with Crippen LogP contribution in [0.15, 0.2) is 486 Å². The molecule has 0 atom stereocenters. The second-order valence-corrected chi connectivity index (χ2v) is 40.7. The molecule has 0 unspecified atom stereocenters. The molecule has 8 aromatic heterocycles. The number of para-hydroxylation sites is 11. The molecule has 0 aliphatic heterocycles. The van der Waals surface area contributed by atoms with Crippen LogP contribution in [0.1, 0.15) is 56.2 Å². The van der Waals surface area contributed by atoms with Crippen LogP contribution in [0, 0.1) is 13.0 Å². The van der Waals surface area contributed by atoms with Gasteiger partial charge >= 0.3 is 0 Å². The molecule has 31 rings (SSSR count). The van der Waals surface area contributed by atoms with E-state index in [1.54, 1.807) is 0 Å². The summed E-state index contributed by atoms with van der Waals surface area (Å²) in [6.07, 6.45) is 3.96. The van der Waals surface area contributed by atoms with Crippen LogP contribution in [0.2, 0.25) is 0 Å². The van der Waals surface area contributed by atoms with Gasteiger partial charge < -0.3 is 13.7 Å². The summed E-state index contributed by atoms with van der Waals surface area (Å²) in [6.45, 7) is 11.2. The molecule has 21 aromatic carbocycles. The molecule has 2 aliphatic carbocycles. The van der Waals surface area contributed by atoms with Gasteiger partial charge in [0.1, 0.15) is 0 Å². The number of benzene rings is 21. The average Bonchev–Trinajstić information content (AvgIpc) is 1.55. The van der Waals surface area contributed by atoms with Crippen molar-refractivity contribution in [1.82, 2.24) is 46.6 Å². The van der Waals surface area contributed by atoms with Gasteiger partial charge in [0.25, 0.3) is 0 Å². The fourth-order valence-electron chi connectivity index (χ4n) is 23.7. The molecule has 0 bridgehead atoms. The Bertz CT molecular complexity index is 10100. The van der Waals surface area contributed by atoms with Crippen LogP contribution in [-0.4, -0.2) is 46.6 Å². The Balaban J connectivity index is 0.0000000989. The first-order valence-electron chi connectivity index (χ1n) is 51.3. The normalized spacial score (nSPS) is 11.8. The van der Waals surface area contributed by atoms with Crippen molar-refractivity contribution in [1.29, 1.82) is 0 Å². The van der Waals surface area contributed by atoms with Crippen molar-refractivity contribution in [2.45, 2.75) is 46.5 Å². The maximum absolute atomic E-state index is 5.21. The molecular weight excluding hydrogens is 2020 g/mol. The monoisotopic (exact) mass is 2120 g/mol. The first kappa shape index (κ1) is 90.6. The Hall–Kier alpha value is -18.2. The smallest absolute Gasteiger partial charge is 0.220 e. The van der Waals surface area contributed by atoms with Gasteiger partial charge in [-0.15, -0.1) is 47.2 Å². The molecule has 1 radical (unpaired) electrons. The van der Waals surface area contributed by atoms with E-state index in [4.69, 9.17) is 9.97 Å². The molecule has 0 saturated carbocycles. The number of hydrogen-bond acceptors (Lipinski definition) is 4. The molecule has 0 spiro atoms. The molecule has 150 heavy (non-hydrogen) atoms. The molecule has 10 nitrogen and oxygen atoms in total. The molecule has 29 aromatic rings. The predicted molar refractivity (Wildman–Crippen MR) is 624 cm³/mol. The first-order chi connectivity index (χ1) is 73.5. The van der Waals surface area contributed by atoms with E-state index >= 15 is 0 Å². The van der Waals surface area contributed by atoms with Gasteiger partial charge in [-0.05, 0) is 275 Å². The van der Waals surface area contributed by atoms with Crippen LogP contribution in [0.3, 0.4) is 0 Å². The number of hydrogen-bond donors (Lipinski definition) is 0. The van der Waals surface area contributed by atoms with Crippen LogP contribution in [-0.2, 0) is 20.1 Å². The summed E-state index contributed by atoms with van der Waals surface area (Å²) in [5.41, 5.74) is 47.1. The minimum absolute atomic E-state index is 0. The largest absolute Gasteiger partial charge is 0.340 e. The molecular formula is C138H97IrN10S-. The number of aryl methyl sites for hydroxylation is 1. The number of nitrogens with zero attached hydrogens (tertiary/aromatic N) is 10. The Labute approximate surface area is 885 Å².